The van der Waals surface area contributed by atoms with E-state index in [-0.39, 0.29) is 6.04 Å². The van der Waals surface area contributed by atoms with Gasteiger partial charge in [-0.15, -0.1) is 0 Å². The number of carbonyl (C=O) groups excluding carboxylic acids is 1. The van der Waals surface area contributed by atoms with Crippen LogP contribution in [-0.2, 0) is 11.2 Å². The predicted molar refractivity (Wildman–Crippen MR) is 93.7 cm³/mol. The molecule has 0 saturated carbocycles. The molecule has 0 spiro atoms. The minimum Gasteiger partial charge on any atom is -0.494 e. The van der Waals surface area contributed by atoms with Crippen molar-refractivity contribution in [1.82, 2.24) is 0 Å². The fraction of sp³-hybridized carbons (Fsp3) is 0.350. The summed E-state index contributed by atoms with van der Waals surface area (Å²) in [5.41, 5.74) is 8.38. The summed E-state index contributed by atoms with van der Waals surface area (Å²) < 4.78 is 5.74. The Morgan fingerprint density at radius 3 is 2.35 bits per heavy atom. The molecule has 2 N–H and O–H groups in total. The van der Waals surface area contributed by atoms with Crippen molar-refractivity contribution in [3.8, 4) is 5.75 Å². The Balaban J connectivity index is 1.68. The molecule has 0 saturated heterocycles. The first-order valence-electron chi connectivity index (χ1n) is 8.23. The van der Waals surface area contributed by atoms with Crippen molar-refractivity contribution in [3.05, 3.63) is 65.7 Å². The monoisotopic (exact) mass is 311 g/mol. The van der Waals surface area contributed by atoms with Gasteiger partial charge < -0.3 is 15.3 Å². The van der Waals surface area contributed by atoms with Gasteiger partial charge in [0.05, 0.1) is 6.61 Å². The molecule has 2 rings (SSSR count). The Hall–Kier alpha value is -2.13. The zero-order valence-electron chi connectivity index (χ0n) is 13.5. The van der Waals surface area contributed by atoms with E-state index in [2.05, 4.69) is 36.4 Å². The van der Waals surface area contributed by atoms with Crippen LogP contribution in [0.4, 0.5) is 0 Å². The summed E-state index contributed by atoms with van der Waals surface area (Å²) in [4.78, 5) is 10.3. The third kappa shape index (κ3) is 6.66. The Morgan fingerprint density at radius 2 is 1.65 bits per heavy atom. The van der Waals surface area contributed by atoms with E-state index < -0.39 is 0 Å². The molecular formula is C20H25NO2. The van der Waals surface area contributed by atoms with Gasteiger partial charge in [-0.05, 0) is 48.9 Å². The molecule has 2 aromatic carbocycles. The van der Waals surface area contributed by atoms with Gasteiger partial charge in [0.2, 0.25) is 0 Å². The van der Waals surface area contributed by atoms with Crippen molar-refractivity contribution in [2.45, 2.75) is 38.1 Å². The largest absolute Gasteiger partial charge is 0.494 e. The Morgan fingerprint density at radius 1 is 0.957 bits per heavy atom. The standard InChI is InChI=1S/C20H25NO2/c21-19(13-14-22)8-4-5-15-23-20-11-9-18(10-12-20)16-17-6-2-1-3-7-17/h1-3,6-7,9-12,14,19H,4-5,8,13,15-16,21H2. The molecule has 1 unspecified atom stereocenters. The molecule has 2 aromatic rings. The van der Waals surface area contributed by atoms with Crippen LogP contribution in [0.3, 0.4) is 0 Å². The second-order valence-corrected chi connectivity index (χ2v) is 5.81. The molecular weight excluding hydrogens is 286 g/mol. The van der Waals surface area contributed by atoms with E-state index in [4.69, 9.17) is 10.5 Å². The molecule has 0 bridgehead atoms. The molecule has 0 aromatic heterocycles. The van der Waals surface area contributed by atoms with Gasteiger partial charge in [-0.1, -0.05) is 42.5 Å². The van der Waals surface area contributed by atoms with Crippen LogP contribution in [0.1, 0.15) is 36.8 Å². The number of rotatable bonds is 10. The van der Waals surface area contributed by atoms with Crippen molar-refractivity contribution in [2.24, 2.45) is 5.73 Å². The summed E-state index contributed by atoms with van der Waals surface area (Å²) in [6, 6.07) is 18.7. The Labute approximate surface area is 138 Å². The number of aldehydes is 1. The fourth-order valence-corrected chi connectivity index (χ4v) is 2.48. The molecule has 0 aliphatic carbocycles. The van der Waals surface area contributed by atoms with E-state index in [1.807, 2.05) is 18.2 Å². The topological polar surface area (TPSA) is 52.3 Å². The molecule has 0 fully saturated rings. The van der Waals surface area contributed by atoms with Crippen LogP contribution in [-0.4, -0.2) is 18.9 Å². The van der Waals surface area contributed by atoms with E-state index in [9.17, 15) is 4.79 Å². The van der Waals surface area contributed by atoms with E-state index in [0.717, 1.165) is 37.7 Å². The molecule has 0 amide bonds. The van der Waals surface area contributed by atoms with Crippen LogP contribution in [0.5, 0.6) is 5.75 Å². The van der Waals surface area contributed by atoms with E-state index >= 15 is 0 Å². The van der Waals surface area contributed by atoms with Crippen LogP contribution in [0, 0.1) is 0 Å². The lowest BCUT2D eigenvalue weighted by Crippen LogP contribution is -2.20. The minimum absolute atomic E-state index is 0.00947. The fourth-order valence-electron chi connectivity index (χ4n) is 2.48. The lowest BCUT2D eigenvalue weighted by atomic mass is 10.1. The number of benzene rings is 2. The maximum atomic E-state index is 10.3. The molecule has 0 aliphatic rings. The number of nitrogens with two attached hydrogens (primary N) is 1. The first kappa shape index (κ1) is 17.2. The van der Waals surface area contributed by atoms with Crippen LogP contribution < -0.4 is 10.5 Å². The number of carbonyl (C=O) groups is 1. The second-order valence-electron chi connectivity index (χ2n) is 5.81. The molecule has 0 aliphatic heterocycles. The van der Waals surface area contributed by atoms with Crippen molar-refractivity contribution in [3.63, 3.8) is 0 Å². The van der Waals surface area contributed by atoms with Crippen molar-refractivity contribution in [1.29, 1.82) is 0 Å². The Kier molecular flexibility index (Phi) is 7.34. The summed E-state index contributed by atoms with van der Waals surface area (Å²) in [5.74, 6) is 0.902. The smallest absolute Gasteiger partial charge is 0.121 e. The summed E-state index contributed by atoms with van der Waals surface area (Å²) in [7, 11) is 0. The summed E-state index contributed by atoms with van der Waals surface area (Å²) in [5, 5.41) is 0. The van der Waals surface area contributed by atoms with Gasteiger partial charge in [0.25, 0.3) is 0 Å². The van der Waals surface area contributed by atoms with Crippen LogP contribution in [0.15, 0.2) is 54.6 Å². The lowest BCUT2D eigenvalue weighted by Gasteiger charge is -2.09. The molecule has 3 heteroatoms. The number of unbranched alkanes of at least 4 members (excludes halogenated alkanes) is 1. The zero-order valence-corrected chi connectivity index (χ0v) is 13.5. The molecule has 122 valence electrons. The normalized spacial score (nSPS) is 11.9. The van der Waals surface area contributed by atoms with Gasteiger partial charge in [-0.2, -0.15) is 0 Å². The third-order valence-corrected chi connectivity index (χ3v) is 3.81. The predicted octanol–water partition coefficient (Wildman–Crippen LogP) is 3.74. The van der Waals surface area contributed by atoms with Gasteiger partial charge in [-0.3, -0.25) is 0 Å². The van der Waals surface area contributed by atoms with Crippen LogP contribution in [0.2, 0.25) is 0 Å². The average Bonchev–Trinajstić information content (AvgIpc) is 2.57. The summed E-state index contributed by atoms with van der Waals surface area (Å²) in [6.45, 7) is 0.686. The number of hydrogen-bond donors (Lipinski definition) is 1. The molecule has 3 nitrogen and oxygen atoms in total. The SMILES string of the molecule is NC(CC=O)CCCCOc1ccc(Cc2ccccc2)cc1. The minimum atomic E-state index is -0.00947. The van der Waals surface area contributed by atoms with Crippen LogP contribution >= 0.6 is 0 Å². The average molecular weight is 311 g/mol. The summed E-state index contributed by atoms with van der Waals surface area (Å²) in [6.07, 6.45) is 5.09. The van der Waals surface area contributed by atoms with Crippen molar-refractivity contribution in [2.75, 3.05) is 6.61 Å². The highest BCUT2D eigenvalue weighted by atomic mass is 16.5. The molecule has 0 heterocycles. The highest BCUT2D eigenvalue weighted by Crippen LogP contribution is 2.16. The highest BCUT2D eigenvalue weighted by molar-refractivity contribution is 5.50. The maximum absolute atomic E-state index is 10.3. The second kappa shape index (κ2) is 9.80. The van der Waals surface area contributed by atoms with E-state index in [1.54, 1.807) is 0 Å². The first-order valence-corrected chi connectivity index (χ1v) is 8.23. The van der Waals surface area contributed by atoms with Crippen LogP contribution in [0.25, 0.3) is 0 Å². The van der Waals surface area contributed by atoms with Gasteiger partial charge in [-0.25, -0.2) is 0 Å². The highest BCUT2D eigenvalue weighted by Gasteiger charge is 2.01. The maximum Gasteiger partial charge on any atom is 0.121 e. The van der Waals surface area contributed by atoms with Gasteiger partial charge in [0, 0.05) is 12.5 Å². The Bertz CT molecular complexity index is 566. The van der Waals surface area contributed by atoms with Gasteiger partial charge >= 0.3 is 0 Å². The summed E-state index contributed by atoms with van der Waals surface area (Å²) >= 11 is 0. The number of ether oxygens (including phenoxy) is 1. The number of hydrogen-bond acceptors (Lipinski definition) is 3. The van der Waals surface area contributed by atoms with Gasteiger partial charge in [0.15, 0.2) is 0 Å². The molecule has 23 heavy (non-hydrogen) atoms. The lowest BCUT2D eigenvalue weighted by molar-refractivity contribution is -0.108. The molecule has 1 atom stereocenters. The van der Waals surface area contributed by atoms with Crippen molar-refractivity contribution >= 4 is 6.29 Å². The zero-order chi connectivity index (χ0) is 16.3. The molecule has 0 radical (unpaired) electrons. The quantitative estimate of drug-likeness (QED) is 0.537. The van der Waals surface area contributed by atoms with E-state index in [1.165, 1.54) is 11.1 Å². The third-order valence-electron chi connectivity index (χ3n) is 3.81. The first-order chi connectivity index (χ1) is 11.3. The van der Waals surface area contributed by atoms with Gasteiger partial charge in [0.1, 0.15) is 12.0 Å². The van der Waals surface area contributed by atoms with Crippen molar-refractivity contribution < 1.29 is 9.53 Å². The van der Waals surface area contributed by atoms with E-state index in [0.29, 0.717) is 13.0 Å².